The van der Waals surface area contributed by atoms with Crippen molar-refractivity contribution < 1.29 is 22.3 Å². The molecule has 3 rings (SSSR count). The van der Waals surface area contributed by atoms with Crippen molar-refractivity contribution in [2.75, 3.05) is 39.9 Å². The first kappa shape index (κ1) is 20.6. The molecule has 28 heavy (non-hydrogen) atoms. The average molecular weight is 408 g/mol. The number of rotatable bonds is 7. The molecule has 152 valence electrons. The molecule has 2 aromatic carbocycles. The predicted molar refractivity (Wildman–Crippen MR) is 105 cm³/mol. The maximum absolute atomic E-state index is 13.5. The molecule has 1 saturated heterocycles. The van der Waals surface area contributed by atoms with Crippen molar-refractivity contribution in [1.82, 2.24) is 9.21 Å². The van der Waals surface area contributed by atoms with Crippen molar-refractivity contribution in [3.63, 3.8) is 0 Å². The van der Waals surface area contributed by atoms with Crippen molar-refractivity contribution in [3.05, 3.63) is 53.8 Å². The van der Waals surface area contributed by atoms with Crippen LogP contribution in [0.5, 0.6) is 11.5 Å². The number of methoxy groups -OCH3 is 1. The van der Waals surface area contributed by atoms with Gasteiger partial charge in [-0.25, -0.2) is 12.8 Å². The zero-order valence-electron chi connectivity index (χ0n) is 16.1. The summed E-state index contributed by atoms with van der Waals surface area (Å²) >= 11 is 0. The minimum absolute atomic E-state index is 0.260. The molecule has 1 heterocycles. The maximum Gasteiger partial charge on any atom is 0.243 e. The van der Waals surface area contributed by atoms with E-state index in [4.69, 9.17) is 9.47 Å². The van der Waals surface area contributed by atoms with E-state index < -0.39 is 10.0 Å². The Bertz CT molecular complexity index is 895. The summed E-state index contributed by atoms with van der Waals surface area (Å²) in [7, 11) is -1.99. The van der Waals surface area contributed by atoms with E-state index in [2.05, 4.69) is 4.90 Å². The van der Waals surface area contributed by atoms with E-state index >= 15 is 0 Å². The van der Waals surface area contributed by atoms with E-state index in [0.29, 0.717) is 50.8 Å². The van der Waals surface area contributed by atoms with Crippen LogP contribution in [0.25, 0.3) is 0 Å². The summed E-state index contributed by atoms with van der Waals surface area (Å²) in [5.41, 5.74) is 0.755. The lowest BCUT2D eigenvalue weighted by atomic mass is 10.1. The first-order valence-electron chi connectivity index (χ1n) is 9.22. The van der Waals surface area contributed by atoms with Gasteiger partial charge in [-0.15, -0.1) is 0 Å². The first-order valence-corrected chi connectivity index (χ1v) is 10.7. The molecule has 1 fully saturated rings. The Balaban J connectivity index is 1.64. The molecule has 0 atom stereocenters. The van der Waals surface area contributed by atoms with Crippen molar-refractivity contribution in [3.8, 4) is 11.5 Å². The molecule has 0 aliphatic carbocycles. The Kier molecular flexibility index (Phi) is 6.53. The second-order valence-electron chi connectivity index (χ2n) is 6.54. The highest BCUT2D eigenvalue weighted by Crippen LogP contribution is 2.24. The number of hydrogen-bond acceptors (Lipinski definition) is 5. The first-order chi connectivity index (χ1) is 13.4. The zero-order valence-corrected chi connectivity index (χ0v) is 16.9. The number of halogens is 1. The molecular weight excluding hydrogens is 383 g/mol. The standard InChI is InChI=1S/C20H25FN2O4S/c1-3-27-18-5-7-19(8-6-18)28(24,25)23-12-10-22(11-13-23)15-16-14-17(21)4-9-20(16)26-2/h4-9,14H,3,10-13,15H2,1-2H3. The molecule has 6 nitrogen and oxygen atoms in total. The Labute approximate surface area is 165 Å². The number of nitrogens with zero attached hydrogens (tertiary/aromatic N) is 2. The van der Waals surface area contributed by atoms with Gasteiger partial charge in [0.25, 0.3) is 0 Å². The molecule has 0 amide bonds. The van der Waals surface area contributed by atoms with Crippen molar-refractivity contribution >= 4 is 10.0 Å². The molecule has 0 aromatic heterocycles. The zero-order chi connectivity index (χ0) is 20.1. The summed E-state index contributed by atoms with van der Waals surface area (Å²) in [5.74, 6) is 0.966. The summed E-state index contributed by atoms with van der Waals surface area (Å²) < 4.78 is 51.4. The van der Waals surface area contributed by atoms with Gasteiger partial charge in [0, 0.05) is 38.3 Å². The predicted octanol–water partition coefficient (Wildman–Crippen LogP) is 2.74. The average Bonchev–Trinajstić information content (AvgIpc) is 2.69. The van der Waals surface area contributed by atoms with Gasteiger partial charge in [0.15, 0.2) is 0 Å². The number of ether oxygens (including phenoxy) is 2. The van der Waals surface area contributed by atoms with E-state index in [1.54, 1.807) is 37.4 Å². The molecule has 0 unspecified atom stereocenters. The fourth-order valence-electron chi connectivity index (χ4n) is 3.26. The highest BCUT2D eigenvalue weighted by Gasteiger charge is 2.28. The highest BCUT2D eigenvalue weighted by molar-refractivity contribution is 7.89. The fraction of sp³-hybridized carbons (Fsp3) is 0.400. The van der Waals surface area contributed by atoms with Gasteiger partial charge in [0.05, 0.1) is 18.6 Å². The molecular formula is C20H25FN2O4S. The lowest BCUT2D eigenvalue weighted by Crippen LogP contribution is -2.48. The quantitative estimate of drug-likeness (QED) is 0.705. The molecule has 2 aromatic rings. The van der Waals surface area contributed by atoms with Gasteiger partial charge in [0.2, 0.25) is 10.0 Å². The van der Waals surface area contributed by atoms with Crippen molar-refractivity contribution in [1.29, 1.82) is 0 Å². The molecule has 1 aliphatic heterocycles. The van der Waals surface area contributed by atoms with E-state index in [1.165, 1.54) is 16.4 Å². The minimum atomic E-state index is -3.54. The molecule has 0 bridgehead atoms. The van der Waals surface area contributed by atoms with Crippen LogP contribution in [0.3, 0.4) is 0 Å². The van der Waals surface area contributed by atoms with Crippen LogP contribution >= 0.6 is 0 Å². The molecule has 1 aliphatic rings. The van der Waals surface area contributed by atoms with Gasteiger partial charge in [-0.1, -0.05) is 0 Å². The third kappa shape index (κ3) is 4.63. The van der Waals surface area contributed by atoms with Crippen LogP contribution in [0, 0.1) is 5.82 Å². The number of hydrogen-bond donors (Lipinski definition) is 0. The van der Waals surface area contributed by atoms with Crippen molar-refractivity contribution in [2.24, 2.45) is 0 Å². The van der Waals surface area contributed by atoms with E-state index in [1.807, 2.05) is 6.92 Å². The van der Waals surface area contributed by atoms with Gasteiger partial charge >= 0.3 is 0 Å². The Morgan fingerprint density at radius 2 is 1.71 bits per heavy atom. The number of sulfonamides is 1. The third-order valence-electron chi connectivity index (χ3n) is 4.74. The van der Waals surface area contributed by atoms with Crippen LogP contribution in [-0.4, -0.2) is 57.5 Å². The Morgan fingerprint density at radius 3 is 2.32 bits per heavy atom. The molecule has 8 heteroatoms. The second kappa shape index (κ2) is 8.89. The van der Waals surface area contributed by atoms with E-state index in [-0.39, 0.29) is 10.7 Å². The Morgan fingerprint density at radius 1 is 1.04 bits per heavy atom. The largest absolute Gasteiger partial charge is 0.496 e. The van der Waals surface area contributed by atoms with Gasteiger partial charge < -0.3 is 9.47 Å². The monoisotopic (exact) mass is 408 g/mol. The molecule has 0 N–H and O–H groups in total. The van der Waals surface area contributed by atoms with Crippen LogP contribution in [0.1, 0.15) is 12.5 Å². The number of piperazine rings is 1. The summed E-state index contributed by atoms with van der Waals surface area (Å²) in [5, 5.41) is 0. The summed E-state index contributed by atoms with van der Waals surface area (Å²) in [6, 6.07) is 10.9. The maximum atomic E-state index is 13.5. The molecule has 0 spiro atoms. The second-order valence-corrected chi connectivity index (χ2v) is 8.48. The third-order valence-corrected chi connectivity index (χ3v) is 6.65. The van der Waals surface area contributed by atoms with Crippen LogP contribution in [0.15, 0.2) is 47.4 Å². The normalized spacial score (nSPS) is 16.1. The summed E-state index contributed by atoms with van der Waals surface area (Å²) in [6.45, 7) is 4.82. The lowest BCUT2D eigenvalue weighted by molar-refractivity contribution is 0.180. The summed E-state index contributed by atoms with van der Waals surface area (Å²) in [4.78, 5) is 2.36. The SMILES string of the molecule is CCOc1ccc(S(=O)(=O)N2CCN(Cc3cc(F)ccc3OC)CC2)cc1. The molecule has 0 saturated carbocycles. The van der Waals surface area contributed by atoms with E-state index in [0.717, 1.165) is 5.56 Å². The van der Waals surface area contributed by atoms with Crippen LogP contribution in [0.2, 0.25) is 0 Å². The van der Waals surface area contributed by atoms with Crippen LogP contribution < -0.4 is 9.47 Å². The minimum Gasteiger partial charge on any atom is -0.496 e. The van der Waals surface area contributed by atoms with E-state index in [9.17, 15) is 12.8 Å². The van der Waals surface area contributed by atoms with Gasteiger partial charge in [-0.2, -0.15) is 4.31 Å². The number of benzene rings is 2. The van der Waals surface area contributed by atoms with Gasteiger partial charge in [-0.3, -0.25) is 4.90 Å². The van der Waals surface area contributed by atoms with Crippen molar-refractivity contribution in [2.45, 2.75) is 18.4 Å². The van der Waals surface area contributed by atoms with Gasteiger partial charge in [-0.05, 0) is 49.4 Å². The van der Waals surface area contributed by atoms with Crippen LogP contribution in [0.4, 0.5) is 4.39 Å². The van der Waals surface area contributed by atoms with Gasteiger partial charge in [0.1, 0.15) is 17.3 Å². The lowest BCUT2D eigenvalue weighted by Gasteiger charge is -2.34. The topological polar surface area (TPSA) is 59.1 Å². The Hall–Kier alpha value is -2.16. The van der Waals surface area contributed by atoms with Crippen LogP contribution in [-0.2, 0) is 16.6 Å². The highest BCUT2D eigenvalue weighted by atomic mass is 32.2. The molecule has 0 radical (unpaired) electrons. The smallest absolute Gasteiger partial charge is 0.243 e. The summed E-state index contributed by atoms with van der Waals surface area (Å²) in [6.07, 6.45) is 0. The fourth-order valence-corrected chi connectivity index (χ4v) is 4.69.